The molecule has 1 N–H and O–H groups in total. The Kier molecular flexibility index (Phi) is 3.63. The molecule has 5 nitrogen and oxygen atoms in total. The number of nitrogens with zero attached hydrogens (tertiary/aromatic N) is 2. The van der Waals surface area contributed by atoms with Gasteiger partial charge in [-0.3, -0.25) is 4.68 Å². The van der Waals surface area contributed by atoms with Gasteiger partial charge in [0.05, 0.1) is 18.3 Å². The maximum Gasteiger partial charge on any atom is 0.231 e. The van der Waals surface area contributed by atoms with Crippen LogP contribution in [0.25, 0.3) is 10.9 Å². The predicted molar refractivity (Wildman–Crippen MR) is 88.7 cm³/mol. The second kappa shape index (κ2) is 5.93. The Morgan fingerprint density at radius 1 is 1.17 bits per heavy atom. The fourth-order valence-electron chi connectivity index (χ4n) is 2.99. The molecule has 0 bridgehead atoms. The molecule has 2 heterocycles. The van der Waals surface area contributed by atoms with Gasteiger partial charge in [0, 0.05) is 23.5 Å². The van der Waals surface area contributed by atoms with E-state index in [2.05, 4.69) is 35.5 Å². The predicted octanol–water partition coefficient (Wildman–Crippen LogP) is 3.12. The molecule has 2 aromatic carbocycles. The molecule has 0 saturated carbocycles. The van der Waals surface area contributed by atoms with E-state index in [1.807, 2.05) is 35.1 Å². The van der Waals surface area contributed by atoms with Gasteiger partial charge in [0.25, 0.3) is 0 Å². The first kappa shape index (κ1) is 14.1. The van der Waals surface area contributed by atoms with Gasteiger partial charge in [-0.05, 0) is 19.1 Å². The van der Waals surface area contributed by atoms with Crippen molar-refractivity contribution in [3.8, 4) is 11.5 Å². The second-order valence-corrected chi connectivity index (χ2v) is 5.68. The van der Waals surface area contributed by atoms with E-state index < -0.39 is 0 Å². The van der Waals surface area contributed by atoms with Crippen LogP contribution >= 0.6 is 0 Å². The van der Waals surface area contributed by atoms with Crippen LogP contribution in [0.15, 0.2) is 48.7 Å². The molecule has 5 heteroatoms. The number of ether oxygens (including phenoxy) is 2. The van der Waals surface area contributed by atoms with E-state index in [9.17, 15) is 0 Å². The lowest BCUT2D eigenvalue weighted by molar-refractivity contribution is 0.173. The molecular formula is C18H19N3O2. The number of benzene rings is 2. The van der Waals surface area contributed by atoms with Crippen molar-refractivity contribution >= 4 is 10.9 Å². The molecule has 1 unspecified atom stereocenters. The number of hydrogen-bond donors (Lipinski definition) is 1. The quantitative estimate of drug-likeness (QED) is 0.787. The largest absolute Gasteiger partial charge is 0.454 e. The average molecular weight is 309 g/mol. The summed E-state index contributed by atoms with van der Waals surface area (Å²) in [5, 5.41) is 9.16. The lowest BCUT2D eigenvalue weighted by atomic mass is 10.1. The second-order valence-electron chi connectivity index (χ2n) is 5.68. The van der Waals surface area contributed by atoms with E-state index >= 15 is 0 Å². The van der Waals surface area contributed by atoms with Crippen molar-refractivity contribution < 1.29 is 9.47 Å². The van der Waals surface area contributed by atoms with Crippen molar-refractivity contribution in [2.24, 2.45) is 0 Å². The van der Waals surface area contributed by atoms with E-state index in [0.29, 0.717) is 6.79 Å². The first-order valence-corrected chi connectivity index (χ1v) is 7.85. The molecule has 118 valence electrons. The third-order valence-corrected chi connectivity index (χ3v) is 4.22. The fourth-order valence-corrected chi connectivity index (χ4v) is 2.99. The van der Waals surface area contributed by atoms with Gasteiger partial charge in [0.1, 0.15) is 0 Å². The minimum Gasteiger partial charge on any atom is -0.454 e. The summed E-state index contributed by atoms with van der Waals surface area (Å²) >= 11 is 0. The first-order valence-electron chi connectivity index (χ1n) is 7.85. The Bertz CT molecular complexity index is 828. The van der Waals surface area contributed by atoms with Gasteiger partial charge in [-0.2, -0.15) is 5.10 Å². The summed E-state index contributed by atoms with van der Waals surface area (Å²) in [4.78, 5) is 0. The van der Waals surface area contributed by atoms with Crippen LogP contribution in [0.5, 0.6) is 11.5 Å². The van der Waals surface area contributed by atoms with Gasteiger partial charge in [-0.15, -0.1) is 0 Å². The Morgan fingerprint density at radius 2 is 2.09 bits per heavy atom. The Morgan fingerprint density at radius 3 is 3.04 bits per heavy atom. The summed E-state index contributed by atoms with van der Waals surface area (Å²) in [6.07, 6.45) is 1.91. The number of fused-ring (bicyclic) bond motifs is 2. The third kappa shape index (κ3) is 2.64. The monoisotopic (exact) mass is 309 g/mol. The zero-order valence-electron chi connectivity index (χ0n) is 13.0. The Labute approximate surface area is 134 Å². The summed E-state index contributed by atoms with van der Waals surface area (Å²) in [5.74, 6) is 1.69. The fraction of sp³-hybridized carbons (Fsp3) is 0.278. The average Bonchev–Trinajstić information content (AvgIpc) is 3.21. The molecule has 0 amide bonds. The molecule has 0 aliphatic carbocycles. The van der Waals surface area contributed by atoms with Crippen LogP contribution in [0.2, 0.25) is 0 Å². The van der Waals surface area contributed by atoms with E-state index in [1.165, 1.54) is 10.9 Å². The maximum atomic E-state index is 5.58. The van der Waals surface area contributed by atoms with Gasteiger partial charge in [-0.1, -0.05) is 30.3 Å². The van der Waals surface area contributed by atoms with Crippen molar-refractivity contribution in [3.63, 3.8) is 0 Å². The maximum absolute atomic E-state index is 5.58. The van der Waals surface area contributed by atoms with Crippen LogP contribution in [-0.2, 0) is 6.54 Å². The third-order valence-electron chi connectivity index (χ3n) is 4.22. The highest BCUT2D eigenvalue weighted by atomic mass is 16.7. The molecule has 0 saturated heterocycles. The van der Waals surface area contributed by atoms with Crippen molar-refractivity contribution in [1.29, 1.82) is 0 Å². The number of rotatable bonds is 5. The van der Waals surface area contributed by atoms with Gasteiger partial charge in [0.15, 0.2) is 11.5 Å². The Hall–Kier alpha value is -2.53. The topological polar surface area (TPSA) is 48.3 Å². The van der Waals surface area contributed by atoms with Crippen LogP contribution in [0.1, 0.15) is 18.5 Å². The highest BCUT2D eigenvalue weighted by Crippen LogP contribution is 2.38. The minimum absolute atomic E-state index is 0.188. The van der Waals surface area contributed by atoms with Crippen LogP contribution in [-0.4, -0.2) is 23.1 Å². The van der Waals surface area contributed by atoms with E-state index in [1.54, 1.807) is 0 Å². The number of hydrogen-bond acceptors (Lipinski definition) is 4. The molecule has 23 heavy (non-hydrogen) atoms. The SMILES string of the molecule is CC(NCCn1ncc2ccccc21)c1cccc2c1OCO2. The van der Waals surface area contributed by atoms with Crippen LogP contribution in [0, 0.1) is 0 Å². The van der Waals surface area contributed by atoms with E-state index in [4.69, 9.17) is 9.47 Å². The normalized spacial score (nSPS) is 14.3. The highest BCUT2D eigenvalue weighted by Gasteiger charge is 2.20. The molecule has 0 spiro atoms. The van der Waals surface area contributed by atoms with Crippen LogP contribution in [0.3, 0.4) is 0 Å². The minimum atomic E-state index is 0.188. The molecule has 0 fully saturated rings. The summed E-state index contributed by atoms with van der Waals surface area (Å²) in [5.41, 5.74) is 2.30. The molecule has 1 aliphatic rings. The van der Waals surface area contributed by atoms with E-state index in [-0.39, 0.29) is 6.04 Å². The zero-order chi connectivity index (χ0) is 15.6. The van der Waals surface area contributed by atoms with Crippen molar-refractivity contribution in [2.45, 2.75) is 19.5 Å². The van der Waals surface area contributed by atoms with E-state index in [0.717, 1.165) is 30.2 Å². The number of aromatic nitrogens is 2. The molecular weight excluding hydrogens is 290 g/mol. The summed E-state index contributed by atoms with van der Waals surface area (Å²) in [6, 6.07) is 14.5. The number of para-hydroxylation sites is 2. The van der Waals surface area contributed by atoms with Crippen LogP contribution in [0.4, 0.5) is 0 Å². The van der Waals surface area contributed by atoms with Crippen molar-refractivity contribution in [3.05, 3.63) is 54.2 Å². The summed E-state index contributed by atoms with van der Waals surface area (Å²) in [7, 11) is 0. The van der Waals surface area contributed by atoms with Crippen molar-refractivity contribution in [1.82, 2.24) is 15.1 Å². The van der Waals surface area contributed by atoms with Gasteiger partial charge in [-0.25, -0.2) is 0 Å². The van der Waals surface area contributed by atoms with Crippen molar-refractivity contribution in [2.75, 3.05) is 13.3 Å². The smallest absolute Gasteiger partial charge is 0.231 e. The standard InChI is InChI=1S/C18H19N3O2/c1-13(15-6-4-8-17-18(15)23-12-22-17)19-9-10-21-16-7-3-2-5-14(16)11-20-21/h2-8,11,13,19H,9-10,12H2,1H3. The summed E-state index contributed by atoms with van der Waals surface area (Å²) in [6.45, 7) is 4.10. The lowest BCUT2D eigenvalue weighted by Gasteiger charge is -2.16. The lowest BCUT2D eigenvalue weighted by Crippen LogP contribution is -2.24. The van der Waals surface area contributed by atoms with Gasteiger partial charge in [0.2, 0.25) is 6.79 Å². The molecule has 3 aromatic rings. The first-order chi connectivity index (χ1) is 11.3. The van der Waals surface area contributed by atoms with Gasteiger partial charge >= 0.3 is 0 Å². The summed E-state index contributed by atoms with van der Waals surface area (Å²) < 4.78 is 13.0. The molecule has 1 aliphatic heterocycles. The highest BCUT2D eigenvalue weighted by molar-refractivity contribution is 5.78. The zero-order valence-corrected chi connectivity index (χ0v) is 13.0. The van der Waals surface area contributed by atoms with Gasteiger partial charge < -0.3 is 14.8 Å². The molecule has 1 atom stereocenters. The molecule has 4 rings (SSSR count). The molecule has 0 radical (unpaired) electrons. The number of nitrogens with one attached hydrogen (secondary N) is 1. The van der Waals surface area contributed by atoms with Crippen LogP contribution < -0.4 is 14.8 Å². The Balaban J connectivity index is 1.42. The molecule has 1 aromatic heterocycles.